The van der Waals surface area contributed by atoms with Gasteiger partial charge in [0.25, 0.3) is 5.56 Å². The summed E-state index contributed by atoms with van der Waals surface area (Å²) in [5, 5.41) is 3.98. The van der Waals surface area contributed by atoms with Crippen molar-refractivity contribution in [1.29, 1.82) is 0 Å². The average Bonchev–Trinajstić information content (AvgIpc) is 2.37. The van der Waals surface area contributed by atoms with E-state index in [0.29, 0.717) is 17.2 Å². The summed E-state index contributed by atoms with van der Waals surface area (Å²) in [4.78, 5) is 22.2. The lowest BCUT2D eigenvalue weighted by atomic mass is 10.3. The van der Waals surface area contributed by atoms with Gasteiger partial charge in [0.1, 0.15) is 0 Å². The molecule has 0 aliphatic heterocycles. The van der Waals surface area contributed by atoms with Crippen LogP contribution in [0.1, 0.15) is 16.8 Å². The van der Waals surface area contributed by atoms with Gasteiger partial charge in [-0.3, -0.25) is 14.8 Å². The zero-order valence-corrected chi connectivity index (χ0v) is 10.1. The van der Waals surface area contributed by atoms with E-state index in [1.165, 1.54) is 0 Å². The monoisotopic (exact) mass is 243 g/mol. The van der Waals surface area contributed by atoms with Crippen LogP contribution in [0.4, 0.5) is 5.95 Å². The number of nitrogens with zero attached hydrogens (tertiary/aromatic N) is 3. The number of H-pyrrole nitrogens is 1. The molecule has 0 saturated carbocycles. The molecule has 0 aliphatic rings. The number of pyridine rings is 1. The van der Waals surface area contributed by atoms with Crippen LogP contribution >= 0.6 is 0 Å². The molecule has 0 aromatic carbocycles. The van der Waals surface area contributed by atoms with E-state index in [1.54, 1.807) is 32.5 Å². The Kier molecular flexibility index (Phi) is 3.47. The molecule has 0 aliphatic carbocycles. The highest BCUT2D eigenvalue weighted by Crippen LogP contribution is 2.00. The second kappa shape index (κ2) is 5.22. The lowest BCUT2D eigenvalue weighted by Gasteiger charge is -2.02. The summed E-state index contributed by atoms with van der Waals surface area (Å²) in [7, 11) is 0. The molecule has 0 unspecified atom stereocenters. The smallest absolute Gasteiger partial charge is 0.255 e. The van der Waals surface area contributed by atoms with Crippen molar-refractivity contribution < 1.29 is 0 Å². The Balaban J connectivity index is 2.12. The van der Waals surface area contributed by atoms with Crippen molar-refractivity contribution in [3.63, 3.8) is 0 Å². The Morgan fingerprint density at radius 1 is 1.44 bits per heavy atom. The molecule has 6 heteroatoms. The fourth-order valence-electron chi connectivity index (χ4n) is 1.32. The minimum Gasteiger partial charge on any atom is -0.291 e. The largest absolute Gasteiger partial charge is 0.291 e. The highest BCUT2D eigenvalue weighted by Gasteiger charge is 2.01. The number of aromatic amines is 1. The predicted molar refractivity (Wildman–Crippen MR) is 69.8 cm³/mol. The van der Waals surface area contributed by atoms with Crippen molar-refractivity contribution in [2.75, 3.05) is 5.43 Å². The first-order valence-electron chi connectivity index (χ1n) is 5.43. The molecule has 0 saturated heterocycles. The average molecular weight is 243 g/mol. The van der Waals surface area contributed by atoms with Crippen molar-refractivity contribution in [2.24, 2.45) is 5.10 Å². The minimum absolute atomic E-state index is 0.165. The molecule has 92 valence electrons. The molecular formula is C12H13N5O. The van der Waals surface area contributed by atoms with Crippen LogP contribution in [0.2, 0.25) is 0 Å². The number of anilines is 1. The summed E-state index contributed by atoms with van der Waals surface area (Å²) in [5.41, 5.74) is 4.66. The molecule has 2 aromatic rings. The normalized spacial score (nSPS) is 10.8. The zero-order chi connectivity index (χ0) is 13.0. The van der Waals surface area contributed by atoms with Gasteiger partial charge in [-0.15, -0.1) is 0 Å². The molecule has 0 amide bonds. The minimum atomic E-state index is -0.165. The molecular weight excluding hydrogens is 230 g/mol. The van der Waals surface area contributed by atoms with Crippen LogP contribution in [-0.4, -0.2) is 21.2 Å². The van der Waals surface area contributed by atoms with Crippen LogP contribution in [0.5, 0.6) is 0 Å². The fourth-order valence-corrected chi connectivity index (χ4v) is 1.32. The van der Waals surface area contributed by atoms with Gasteiger partial charge in [-0.05, 0) is 19.9 Å². The number of hydrazone groups is 1. The molecule has 2 rings (SSSR count). The van der Waals surface area contributed by atoms with Crippen LogP contribution in [0.25, 0.3) is 0 Å². The van der Waals surface area contributed by atoms with E-state index in [4.69, 9.17) is 0 Å². The van der Waals surface area contributed by atoms with Gasteiger partial charge in [0.15, 0.2) is 0 Å². The number of hydrogen-bond acceptors (Lipinski definition) is 5. The Hall–Kier alpha value is -2.50. The van der Waals surface area contributed by atoms with Crippen molar-refractivity contribution >= 4 is 12.2 Å². The summed E-state index contributed by atoms with van der Waals surface area (Å²) < 4.78 is 0. The number of nitrogens with one attached hydrogen (secondary N) is 2. The van der Waals surface area contributed by atoms with E-state index < -0.39 is 0 Å². The second-order valence-electron chi connectivity index (χ2n) is 3.78. The van der Waals surface area contributed by atoms with Crippen LogP contribution in [0.15, 0.2) is 34.4 Å². The maximum atomic E-state index is 11.5. The predicted octanol–water partition coefficient (Wildman–Crippen LogP) is 1.23. The summed E-state index contributed by atoms with van der Waals surface area (Å²) in [5.74, 6) is 0.322. The highest BCUT2D eigenvalue weighted by atomic mass is 16.1. The number of rotatable bonds is 3. The second-order valence-corrected chi connectivity index (χ2v) is 3.78. The van der Waals surface area contributed by atoms with Gasteiger partial charge in [0.2, 0.25) is 5.95 Å². The first-order valence-corrected chi connectivity index (χ1v) is 5.43. The fraction of sp³-hybridized carbons (Fsp3) is 0.167. The first kappa shape index (κ1) is 12.0. The molecule has 2 N–H and O–H groups in total. The Morgan fingerprint density at radius 3 is 2.94 bits per heavy atom. The third-order valence-electron chi connectivity index (χ3n) is 2.46. The van der Waals surface area contributed by atoms with Crippen LogP contribution < -0.4 is 11.0 Å². The maximum absolute atomic E-state index is 11.5. The van der Waals surface area contributed by atoms with Gasteiger partial charge in [-0.25, -0.2) is 10.4 Å². The zero-order valence-electron chi connectivity index (χ0n) is 10.1. The molecule has 0 spiro atoms. The molecule has 0 radical (unpaired) electrons. The Bertz CT molecular complexity index is 618. The highest BCUT2D eigenvalue weighted by molar-refractivity contribution is 5.79. The summed E-state index contributed by atoms with van der Waals surface area (Å²) in [6, 6.07) is 3.69. The van der Waals surface area contributed by atoms with Crippen molar-refractivity contribution in [3.8, 4) is 0 Å². The van der Waals surface area contributed by atoms with Crippen molar-refractivity contribution in [3.05, 3.63) is 51.7 Å². The lowest BCUT2D eigenvalue weighted by molar-refractivity contribution is 1.01. The van der Waals surface area contributed by atoms with Gasteiger partial charge in [-0.1, -0.05) is 6.07 Å². The number of hydrogen-bond donors (Lipinski definition) is 2. The topological polar surface area (TPSA) is 83.0 Å². The Morgan fingerprint density at radius 2 is 2.28 bits per heavy atom. The lowest BCUT2D eigenvalue weighted by Crippen LogP contribution is -2.15. The van der Waals surface area contributed by atoms with E-state index >= 15 is 0 Å². The molecule has 18 heavy (non-hydrogen) atoms. The third kappa shape index (κ3) is 2.79. The van der Waals surface area contributed by atoms with E-state index in [0.717, 1.165) is 5.56 Å². The van der Waals surface area contributed by atoms with Crippen molar-refractivity contribution in [2.45, 2.75) is 13.8 Å². The van der Waals surface area contributed by atoms with Gasteiger partial charge in [0, 0.05) is 29.2 Å². The van der Waals surface area contributed by atoms with E-state index in [-0.39, 0.29) is 5.56 Å². The standard InChI is InChI=1S/C12H13N5O/c1-8-9(2)15-12(16-11(8)18)17-14-7-10-4-3-5-13-6-10/h3-7H,1-2H3,(H2,15,16,17,18)/b14-7-. The Labute approximate surface area is 104 Å². The molecule has 0 bridgehead atoms. The summed E-state index contributed by atoms with van der Waals surface area (Å²) in [6.45, 7) is 3.50. The van der Waals surface area contributed by atoms with Gasteiger partial charge >= 0.3 is 0 Å². The maximum Gasteiger partial charge on any atom is 0.255 e. The van der Waals surface area contributed by atoms with Gasteiger partial charge in [0.05, 0.1) is 6.21 Å². The van der Waals surface area contributed by atoms with Crippen LogP contribution in [0.3, 0.4) is 0 Å². The third-order valence-corrected chi connectivity index (χ3v) is 2.46. The summed E-state index contributed by atoms with van der Waals surface area (Å²) >= 11 is 0. The molecule has 2 aromatic heterocycles. The van der Waals surface area contributed by atoms with Gasteiger partial charge < -0.3 is 0 Å². The van der Waals surface area contributed by atoms with E-state index in [1.807, 2.05) is 12.1 Å². The van der Waals surface area contributed by atoms with E-state index in [9.17, 15) is 4.79 Å². The molecule has 6 nitrogen and oxygen atoms in total. The SMILES string of the molecule is Cc1nc(N/N=C\c2cccnc2)[nH]c(=O)c1C. The van der Waals surface area contributed by atoms with Crippen LogP contribution in [0, 0.1) is 13.8 Å². The first-order chi connectivity index (χ1) is 8.66. The van der Waals surface area contributed by atoms with Crippen LogP contribution in [-0.2, 0) is 0 Å². The molecule has 0 atom stereocenters. The number of aromatic nitrogens is 3. The molecule has 2 heterocycles. The number of aryl methyl sites for hydroxylation is 1. The van der Waals surface area contributed by atoms with Crippen molar-refractivity contribution in [1.82, 2.24) is 15.0 Å². The van der Waals surface area contributed by atoms with E-state index in [2.05, 4.69) is 25.5 Å². The summed E-state index contributed by atoms with van der Waals surface area (Å²) in [6.07, 6.45) is 4.97. The quantitative estimate of drug-likeness (QED) is 0.627. The molecule has 0 fully saturated rings. The van der Waals surface area contributed by atoms with Gasteiger partial charge in [-0.2, -0.15) is 5.10 Å².